The minimum absolute atomic E-state index is 0.0161. The van der Waals surface area contributed by atoms with Crippen molar-refractivity contribution in [2.24, 2.45) is 46.8 Å². The van der Waals surface area contributed by atoms with Crippen LogP contribution in [0.4, 0.5) is 0 Å². The van der Waals surface area contributed by atoms with Crippen molar-refractivity contribution >= 4 is 5.78 Å². The van der Waals surface area contributed by atoms with Crippen LogP contribution in [0.15, 0.2) is 61.3 Å². The first-order valence-corrected chi connectivity index (χ1v) is 19.2. The standard InChI is InChI=1S/C43H70O3/c1-8-11-27-39(44)32(5)35(20-9-2)29-40(45)37(42-38(10-3)43(42,6)7)30-41(46)36(34-25-16-13-17-26-34)28-31(4)21-18-19-24-33-22-14-12-15-23-33/h8,12,14-15,22,33-38,40-42,45-46H,1,4-5,9-11,13,16-21,23-30H2,2-3,6-7H3/t33?,35-,36?,37?,38?,40?,41+,42?/m0/s1. The largest absolute Gasteiger partial charge is 0.393 e. The summed E-state index contributed by atoms with van der Waals surface area (Å²) in [7, 11) is 0. The minimum atomic E-state index is -0.560. The summed E-state index contributed by atoms with van der Waals surface area (Å²) in [5.74, 6) is 2.45. The molecule has 3 heteroatoms. The van der Waals surface area contributed by atoms with Gasteiger partial charge in [0.1, 0.15) is 0 Å². The van der Waals surface area contributed by atoms with Crippen LogP contribution in [-0.4, -0.2) is 28.2 Å². The van der Waals surface area contributed by atoms with Gasteiger partial charge in [0.15, 0.2) is 5.78 Å². The average Bonchev–Trinajstić information content (AvgIpc) is 3.62. The summed E-state index contributed by atoms with van der Waals surface area (Å²) < 4.78 is 0. The Labute approximate surface area is 283 Å². The van der Waals surface area contributed by atoms with E-state index in [-0.39, 0.29) is 29.0 Å². The molecule has 0 aromatic rings. The SMILES string of the molecule is C=CCCC(=O)C(=C)[C@@H](CCC)CC(O)C(C[C@@H](O)C(CC(=C)CCCCC1C=CC=CC1)C1CCCCC1)C1C(CC)C1(C)C. The number of Topliss-reactive ketones (excluding diaryl/α,β-unsaturated/α-hetero) is 1. The lowest BCUT2D eigenvalue weighted by Gasteiger charge is -2.37. The average molecular weight is 635 g/mol. The van der Waals surface area contributed by atoms with Gasteiger partial charge in [-0.3, -0.25) is 4.79 Å². The zero-order valence-corrected chi connectivity index (χ0v) is 30.2. The van der Waals surface area contributed by atoms with Gasteiger partial charge in [-0.15, -0.1) is 6.58 Å². The molecule has 0 spiro atoms. The molecule has 0 heterocycles. The third-order valence-electron chi connectivity index (χ3n) is 12.3. The van der Waals surface area contributed by atoms with Crippen LogP contribution in [0, 0.1) is 46.8 Å². The summed E-state index contributed by atoms with van der Waals surface area (Å²) in [5, 5.41) is 24.2. The number of aliphatic hydroxyl groups is 2. The number of hydrogen-bond acceptors (Lipinski definition) is 3. The van der Waals surface area contributed by atoms with Gasteiger partial charge in [0.05, 0.1) is 12.2 Å². The summed E-state index contributed by atoms with van der Waals surface area (Å²) >= 11 is 0. The van der Waals surface area contributed by atoms with Crippen molar-refractivity contribution in [1.82, 2.24) is 0 Å². The van der Waals surface area contributed by atoms with Crippen molar-refractivity contribution < 1.29 is 15.0 Å². The van der Waals surface area contributed by atoms with Gasteiger partial charge in [0.25, 0.3) is 0 Å². The van der Waals surface area contributed by atoms with E-state index < -0.39 is 12.2 Å². The number of allylic oxidation sites excluding steroid dienone is 7. The van der Waals surface area contributed by atoms with Crippen LogP contribution < -0.4 is 0 Å². The van der Waals surface area contributed by atoms with Crippen LogP contribution in [0.3, 0.4) is 0 Å². The number of ketones is 1. The fourth-order valence-corrected chi connectivity index (χ4v) is 9.53. The van der Waals surface area contributed by atoms with E-state index in [9.17, 15) is 15.0 Å². The van der Waals surface area contributed by atoms with Gasteiger partial charge in [0, 0.05) is 6.42 Å². The highest BCUT2D eigenvalue weighted by atomic mass is 16.3. The molecule has 3 aliphatic carbocycles. The van der Waals surface area contributed by atoms with Crippen molar-refractivity contribution in [1.29, 1.82) is 0 Å². The van der Waals surface area contributed by atoms with Crippen molar-refractivity contribution in [3.05, 3.63) is 61.3 Å². The normalized spacial score (nSPS) is 25.7. The van der Waals surface area contributed by atoms with E-state index in [1.54, 1.807) is 6.08 Å². The van der Waals surface area contributed by atoms with Crippen LogP contribution in [0.2, 0.25) is 0 Å². The Balaban J connectivity index is 1.72. The molecule has 0 aromatic carbocycles. The van der Waals surface area contributed by atoms with Crippen LogP contribution in [0.1, 0.15) is 143 Å². The van der Waals surface area contributed by atoms with Crippen molar-refractivity contribution in [3.63, 3.8) is 0 Å². The van der Waals surface area contributed by atoms with E-state index in [2.05, 4.69) is 71.7 Å². The Hall–Kier alpha value is -1.71. The van der Waals surface area contributed by atoms with Gasteiger partial charge in [-0.1, -0.05) is 128 Å². The molecule has 2 saturated carbocycles. The van der Waals surface area contributed by atoms with Gasteiger partial charge in [0.2, 0.25) is 0 Å². The third-order valence-corrected chi connectivity index (χ3v) is 12.3. The maximum Gasteiger partial charge on any atom is 0.158 e. The van der Waals surface area contributed by atoms with Crippen LogP contribution in [-0.2, 0) is 4.79 Å². The number of hydrogen-bond donors (Lipinski definition) is 2. The van der Waals surface area contributed by atoms with E-state index in [0.29, 0.717) is 54.9 Å². The fraction of sp³-hybridized carbons (Fsp3) is 0.744. The predicted octanol–water partition coefficient (Wildman–Crippen LogP) is 11.1. The van der Waals surface area contributed by atoms with Crippen molar-refractivity contribution in [2.75, 3.05) is 0 Å². The van der Waals surface area contributed by atoms with E-state index >= 15 is 0 Å². The van der Waals surface area contributed by atoms with Gasteiger partial charge >= 0.3 is 0 Å². The molecule has 0 radical (unpaired) electrons. The van der Waals surface area contributed by atoms with E-state index in [1.807, 2.05) is 0 Å². The summed E-state index contributed by atoms with van der Waals surface area (Å²) in [6.45, 7) is 21.7. The van der Waals surface area contributed by atoms with E-state index in [0.717, 1.165) is 38.5 Å². The molecule has 2 fully saturated rings. The predicted molar refractivity (Wildman–Crippen MR) is 196 cm³/mol. The molecule has 0 aromatic heterocycles. The van der Waals surface area contributed by atoms with Crippen molar-refractivity contribution in [3.8, 4) is 0 Å². The topological polar surface area (TPSA) is 57.5 Å². The highest BCUT2D eigenvalue weighted by Gasteiger charge is 2.60. The Kier molecular flexibility index (Phi) is 16.3. The monoisotopic (exact) mass is 635 g/mol. The summed E-state index contributed by atoms with van der Waals surface area (Å²) in [4.78, 5) is 13.0. The number of unbranched alkanes of at least 4 members (excludes halogenated alkanes) is 1. The molecule has 0 saturated heterocycles. The molecule has 3 aliphatic rings. The fourth-order valence-electron chi connectivity index (χ4n) is 9.53. The Morgan fingerprint density at radius 2 is 1.70 bits per heavy atom. The molecule has 0 amide bonds. The third kappa shape index (κ3) is 11.2. The molecule has 46 heavy (non-hydrogen) atoms. The summed E-state index contributed by atoms with van der Waals surface area (Å²) in [6, 6.07) is 0. The second-order valence-corrected chi connectivity index (χ2v) is 16.0. The number of rotatable bonds is 23. The molecular weight excluding hydrogens is 564 g/mol. The van der Waals surface area contributed by atoms with Gasteiger partial charge in [-0.25, -0.2) is 0 Å². The van der Waals surface area contributed by atoms with Gasteiger partial charge < -0.3 is 10.2 Å². The first-order chi connectivity index (χ1) is 22.0. The smallest absolute Gasteiger partial charge is 0.158 e. The Morgan fingerprint density at radius 3 is 2.30 bits per heavy atom. The first-order valence-electron chi connectivity index (χ1n) is 19.2. The second-order valence-electron chi connectivity index (χ2n) is 16.0. The lowest BCUT2D eigenvalue weighted by molar-refractivity contribution is -0.116. The highest BCUT2D eigenvalue weighted by Crippen LogP contribution is 2.65. The highest BCUT2D eigenvalue weighted by molar-refractivity contribution is 5.95. The van der Waals surface area contributed by atoms with E-state index in [1.165, 1.54) is 56.9 Å². The zero-order valence-electron chi connectivity index (χ0n) is 30.2. The number of carbonyl (C=O) groups excluding carboxylic acids is 1. The van der Waals surface area contributed by atoms with E-state index in [4.69, 9.17) is 0 Å². The lowest BCUT2D eigenvalue weighted by atomic mass is 9.71. The van der Waals surface area contributed by atoms with Gasteiger partial charge in [-0.2, -0.15) is 0 Å². The lowest BCUT2D eigenvalue weighted by Crippen LogP contribution is -2.36. The maximum absolute atomic E-state index is 13.0. The molecule has 6 unspecified atom stereocenters. The summed E-state index contributed by atoms with van der Waals surface area (Å²) in [5.41, 5.74) is 2.11. The van der Waals surface area contributed by atoms with Crippen LogP contribution in [0.25, 0.3) is 0 Å². The maximum atomic E-state index is 13.0. The molecule has 3 rings (SSSR count). The molecule has 3 nitrogen and oxygen atoms in total. The molecule has 0 aliphatic heterocycles. The van der Waals surface area contributed by atoms with Crippen LogP contribution >= 0.6 is 0 Å². The second kappa shape index (κ2) is 19.3. The van der Waals surface area contributed by atoms with Gasteiger partial charge in [-0.05, 0) is 110 Å². The van der Waals surface area contributed by atoms with Crippen LogP contribution in [0.5, 0.6) is 0 Å². The molecule has 8 atom stereocenters. The quantitative estimate of drug-likeness (QED) is 0.0668. The molecule has 2 N–H and O–H groups in total. The number of aliphatic hydroxyl groups excluding tert-OH is 2. The number of carbonyl (C=O) groups is 1. The molecule has 0 bridgehead atoms. The van der Waals surface area contributed by atoms with Crippen molar-refractivity contribution in [2.45, 2.75) is 155 Å². The first kappa shape index (κ1) is 38.7. The summed E-state index contributed by atoms with van der Waals surface area (Å²) in [6.07, 6.45) is 27.9. The molecular formula is C43H70O3. The molecule has 260 valence electrons. The zero-order chi connectivity index (χ0) is 33.7. The Bertz CT molecular complexity index is 1030. The Morgan fingerprint density at radius 1 is 0.978 bits per heavy atom. The minimum Gasteiger partial charge on any atom is -0.393 e.